The van der Waals surface area contributed by atoms with Gasteiger partial charge in [-0.15, -0.1) is 0 Å². The fourth-order valence-electron chi connectivity index (χ4n) is 1.94. The highest BCUT2D eigenvalue weighted by atomic mass is 32.2. The average Bonchev–Trinajstić information content (AvgIpc) is 2.79. The van der Waals surface area contributed by atoms with Crippen LogP contribution in [0.25, 0.3) is 0 Å². The van der Waals surface area contributed by atoms with Gasteiger partial charge in [0.2, 0.25) is 0 Å². The summed E-state index contributed by atoms with van der Waals surface area (Å²) in [5.41, 5.74) is 0. The summed E-state index contributed by atoms with van der Waals surface area (Å²) < 4.78 is 37.0. The van der Waals surface area contributed by atoms with E-state index in [0.717, 1.165) is 12.1 Å². The maximum Gasteiger partial charge on any atom is 0.320 e. The minimum absolute atomic E-state index is 0.00700. The van der Waals surface area contributed by atoms with Crippen LogP contribution in [0, 0.1) is 5.82 Å². The van der Waals surface area contributed by atoms with Gasteiger partial charge in [-0.2, -0.15) is 0 Å². The van der Waals surface area contributed by atoms with Crippen LogP contribution < -0.4 is 5.32 Å². The highest BCUT2D eigenvalue weighted by Crippen LogP contribution is 2.23. The van der Waals surface area contributed by atoms with Crippen LogP contribution in [0.2, 0.25) is 0 Å². The molecule has 98 valence electrons. The number of halogens is 1. The van der Waals surface area contributed by atoms with E-state index < -0.39 is 33.0 Å². The van der Waals surface area contributed by atoms with Gasteiger partial charge in [-0.3, -0.25) is 10.1 Å². The van der Waals surface area contributed by atoms with Gasteiger partial charge in [0, 0.05) is 0 Å². The minimum atomic E-state index is -3.66. The molecule has 1 aliphatic rings. The summed E-state index contributed by atoms with van der Waals surface area (Å²) in [6, 6.07) is 3.65. The minimum Gasteiger partial charge on any atom is -0.480 e. The first-order valence-corrected chi connectivity index (χ1v) is 6.94. The Kier molecular flexibility index (Phi) is 3.36. The van der Waals surface area contributed by atoms with Crippen molar-refractivity contribution in [1.29, 1.82) is 0 Å². The van der Waals surface area contributed by atoms with Gasteiger partial charge in [0.1, 0.15) is 17.2 Å². The molecule has 2 unspecified atom stereocenters. The molecule has 0 spiro atoms. The molecule has 1 fully saturated rings. The van der Waals surface area contributed by atoms with Crippen LogP contribution in [-0.4, -0.2) is 30.9 Å². The number of hydrogen-bond donors (Lipinski definition) is 2. The number of carboxylic acids is 1. The lowest BCUT2D eigenvalue weighted by Gasteiger charge is -2.13. The highest BCUT2D eigenvalue weighted by molar-refractivity contribution is 7.92. The fourth-order valence-corrected chi connectivity index (χ4v) is 3.57. The standard InChI is InChI=1S/C11H12FNO4S/c12-7-1-3-8(4-2-7)18(16,17)10-6-5-9(13-10)11(14)15/h1-4,9-10,13H,5-6H2,(H,14,15). The molecule has 5 nitrogen and oxygen atoms in total. The van der Waals surface area contributed by atoms with Gasteiger partial charge in [0.25, 0.3) is 0 Å². The van der Waals surface area contributed by atoms with E-state index in [-0.39, 0.29) is 17.7 Å². The number of nitrogens with one attached hydrogen (secondary N) is 1. The van der Waals surface area contributed by atoms with E-state index in [4.69, 9.17) is 5.11 Å². The molecule has 2 atom stereocenters. The molecule has 1 aromatic rings. The normalized spacial score (nSPS) is 24.1. The van der Waals surface area contributed by atoms with Gasteiger partial charge in [-0.05, 0) is 37.1 Å². The van der Waals surface area contributed by atoms with E-state index in [0.29, 0.717) is 0 Å². The summed E-state index contributed by atoms with van der Waals surface area (Å²) in [7, 11) is -3.66. The zero-order valence-electron chi connectivity index (χ0n) is 9.34. The Morgan fingerprint density at radius 2 is 1.89 bits per heavy atom. The second-order valence-electron chi connectivity index (χ2n) is 4.12. The molecule has 1 heterocycles. The number of carboxylic acid groups (broad SMARTS) is 1. The van der Waals surface area contributed by atoms with Crippen molar-refractivity contribution in [3.8, 4) is 0 Å². The van der Waals surface area contributed by atoms with Crippen LogP contribution in [0.4, 0.5) is 4.39 Å². The molecule has 18 heavy (non-hydrogen) atoms. The summed E-state index contributed by atoms with van der Waals surface area (Å²) in [6.45, 7) is 0. The molecule has 0 aromatic heterocycles. The number of hydrogen-bond acceptors (Lipinski definition) is 4. The lowest BCUT2D eigenvalue weighted by atomic mass is 10.2. The lowest BCUT2D eigenvalue weighted by molar-refractivity contribution is -0.139. The molecule has 0 aliphatic carbocycles. The van der Waals surface area contributed by atoms with Crippen molar-refractivity contribution >= 4 is 15.8 Å². The van der Waals surface area contributed by atoms with Gasteiger partial charge >= 0.3 is 5.97 Å². The van der Waals surface area contributed by atoms with Crippen LogP contribution in [0.15, 0.2) is 29.2 Å². The summed E-state index contributed by atoms with van der Waals surface area (Å²) in [4.78, 5) is 10.7. The second kappa shape index (κ2) is 4.66. The topological polar surface area (TPSA) is 83.5 Å². The summed E-state index contributed by atoms with van der Waals surface area (Å²) >= 11 is 0. The van der Waals surface area contributed by atoms with Crippen molar-refractivity contribution < 1.29 is 22.7 Å². The fraction of sp³-hybridized carbons (Fsp3) is 0.364. The lowest BCUT2D eigenvalue weighted by Crippen LogP contribution is -2.39. The second-order valence-corrected chi connectivity index (χ2v) is 6.25. The van der Waals surface area contributed by atoms with Crippen LogP contribution in [0.1, 0.15) is 12.8 Å². The monoisotopic (exact) mass is 273 g/mol. The maximum absolute atomic E-state index is 12.7. The van der Waals surface area contributed by atoms with Gasteiger partial charge in [-0.25, -0.2) is 12.8 Å². The molecule has 7 heteroatoms. The molecule has 2 rings (SSSR count). The molecule has 1 aliphatic heterocycles. The van der Waals surface area contributed by atoms with E-state index in [9.17, 15) is 17.6 Å². The Labute approximate surface area is 104 Å². The van der Waals surface area contributed by atoms with E-state index in [2.05, 4.69) is 5.32 Å². The molecule has 0 saturated carbocycles. The summed E-state index contributed by atoms with van der Waals surface area (Å²) in [5, 5.41) is 10.4. The van der Waals surface area contributed by atoms with Crippen molar-refractivity contribution in [2.45, 2.75) is 29.2 Å². The molecule has 0 amide bonds. The number of carbonyl (C=O) groups is 1. The Balaban J connectivity index is 2.22. The van der Waals surface area contributed by atoms with Gasteiger partial charge < -0.3 is 5.11 Å². The van der Waals surface area contributed by atoms with Crippen molar-refractivity contribution in [3.63, 3.8) is 0 Å². The van der Waals surface area contributed by atoms with E-state index in [1.165, 1.54) is 12.1 Å². The van der Waals surface area contributed by atoms with Crippen LogP contribution in [0.5, 0.6) is 0 Å². The van der Waals surface area contributed by atoms with E-state index in [1.807, 2.05) is 0 Å². The predicted molar refractivity (Wildman–Crippen MR) is 61.2 cm³/mol. The van der Waals surface area contributed by atoms with Crippen molar-refractivity contribution in [2.24, 2.45) is 0 Å². The third-order valence-corrected chi connectivity index (χ3v) is 4.97. The van der Waals surface area contributed by atoms with Crippen molar-refractivity contribution in [3.05, 3.63) is 30.1 Å². The molecular weight excluding hydrogens is 261 g/mol. The first kappa shape index (κ1) is 13.0. The molecule has 0 radical (unpaired) electrons. The number of rotatable bonds is 3. The smallest absolute Gasteiger partial charge is 0.320 e. The van der Waals surface area contributed by atoms with Crippen LogP contribution >= 0.6 is 0 Å². The predicted octanol–water partition coefficient (Wildman–Crippen LogP) is 0.762. The number of benzene rings is 1. The van der Waals surface area contributed by atoms with Gasteiger partial charge in [0.15, 0.2) is 9.84 Å². The van der Waals surface area contributed by atoms with E-state index in [1.54, 1.807) is 0 Å². The number of sulfone groups is 1. The third kappa shape index (κ3) is 2.37. The zero-order valence-corrected chi connectivity index (χ0v) is 10.2. The number of aliphatic carboxylic acids is 1. The Morgan fingerprint density at radius 1 is 1.28 bits per heavy atom. The maximum atomic E-state index is 12.7. The van der Waals surface area contributed by atoms with Gasteiger partial charge in [-0.1, -0.05) is 0 Å². The van der Waals surface area contributed by atoms with Crippen molar-refractivity contribution in [1.82, 2.24) is 5.32 Å². The van der Waals surface area contributed by atoms with Crippen LogP contribution in [-0.2, 0) is 14.6 Å². The largest absolute Gasteiger partial charge is 0.480 e. The molecule has 1 aromatic carbocycles. The molecule has 1 saturated heterocycles. The zero-order chi connectivity index (χ0) is 13.3. The Bertz CT molecular complexity index is 555. The summed E-state index contributed by atoms with van der Waals surface area (Å²) in [5.74, 6) is -1.58. The molecule has 0 bridgehead atoms. The van der Waals surface area contributed by atoms with Gasteiger partial charge in [0.05, 0.1) is 4.90 Å². The first-order chi connectivity index (χ1) is 8.41. The van der Waals surface area contributed by atoms with Crippen molar-refractivity contribution in [2.75, 3.05) is 0 Å². The quantitative estimate of drug-likeness (QED) is 0.794. The Hall–Kier alpha value is -1.47. The van der Waals surface area contributed by atoms with Crippen LogP contribution in [0.3, 0.4) is 0 Å². The van der Waals surface area contributed by atoms with E-state index >= 15 is 0 Å². The third-order valence-electron chi connectivity index (χ3n) is 2.92. The highest BCUT2D eigenvalue weighted by Gasteiger charge is 2.37. The Morgan fingerprint density at radius 3 is 2.39 bits per heavy atom. The molecular formula is C11H12FNO4S. The molecule has 2 N–H and O–H groups in total. The first-order valence-electron chi connectivity index (χ1n) is 5.39. The SMILES string of the molecule is O=C(O)C1CCC(S(=O)(=O)c2ccc(F)cc2)N1. The summed E-state index contributed by atoms with van der Waals surface area (Å²) in [6.07, 6.45) is 0.497. The average molecular weight is 273 g/mol.